The van der Waals surface area contributed by atoms with E-state index in [1.807, 2.05) is 12.6 Å². The Balaban J connectivity index is 4.13. The summed E-state index contributed by atoms with van der Waals surface area (Å²) in [4.78, 5) is 11.3. The molecule has 0 aliphatic carbocycles. The van der Waals surface area contributed by atoms with Gasteiger partial charge < -0.3 is 4.74 Å². The van der Waals surface area contributed by atoms with Gasteiger partial charge in [-0.05, 0) is 13.3 Å². The first-order valence-electron chi connectivity index (χ1n) is 4.63. The van der Waals surface area contributed by atoms with E-state index in [0.29, 0.717) is 23.2 Å². The highest BCUT2D eigenvalue weighted by molar-refractivity contribution is 6.77. The molecule has 2 nitrogen and oxygen atoms in total. The van der Waals surface area contributed by atoms with Crippen molar-refractivity contribution in [2.24, 2.45) is 0 Å². The number of carbonyl (C=O) groups is 1. The van der Waals surface area contributed by atoms with Crippen LogP contribution in [0.15, 0.2) is 11.3 Å². The molecule has 0 aromatic heterocycles. The molecule has 0 saturated heterocycles. The van der Waals surface area contributed by atoms with Crippen LogP contribution in [0.2, 0.25) is 0 Å². The summed E-state index contributed by atoms with van der Waals surface area (Å²) in [6, 6.07) is 0. The minimum absolute atomic E-state index is 0.250. The number of halogens is 2. The van der Waals surface area contributed by atoms with Gasteiger partial charge in [0.2, 0.25) is 0 Å². The Morgan fingerprint density at radius 3 is 2.43 bits per heavy atom. The van der Waals surface area contributed by atoms with Crippen molar-refractivity contribution >= 4 is 38.0 Å². The van der Waals surface area contributed by atoms with Crippen molar-refractivity contribution in [3.63, 3.8) is 0 Å². The molecule has 0 N–H and O–H groups in total. The van der Waals surface area contributed by atoms with Gasteiger partial charge in [-0.25, -0.2) is 4.79 Å². The highest BCUT2D eigenvalue weighted by Gasteiger charge is 2.10. The standard InChI is InChI=1S/C9H16Cl2O2Si/c1-3-4-13-9(12)8(2)5-14(6-10)7-11/h5,14H,3-4,6-7H2,1-2H3. The van der Waals surface area contributed by atoms with Crippen molar-refractivity contribution in [3.05, 3.63) is 11.3 Å². The van der Waals surface area contributed by atoms with Crippen molar-refractivity contribution in [1.29, 1.82) is 0 Å². The van der Waals surface area contributed by atoms with Crippen molar-refractivity contribution in [3.8, 4) is 0 Å². The molecule has 5 heteroatoms. The third-order valence-corrected chi connectivity index (χ3v) is 5.78. The Morgan fingerprint density at radius 1 is 1.43 bits per heavy atom. The first kappa shape index (κ1) is 14.0. The minimum atomic E-state index is -1.27. The zero-order valence-corrected chi connectivity index (χ0v) is 11.2. The Bertz CT molecular complexity index is 203. The molecule has 0 atom stereocenters. The fourth-order valence-electron chi connectivity index (χ4n) is 0.861. The fourth-order valence-corrected chi connectivity index (χ4v) is 3.49. The van der Waals surface area contributed by atoms with Crippen LogP contribution in [-0.4, -0.2) is 32.4 Å². The van der Waals surface area contributed by atoms with Gasteiger partial charge in [-0.3, -0.25) is 0 Å². The van der Waals surface area contributed by atoms with Crippen molar-refractivity contribution in [2.45, 2.75) is 20.3 Å². The molecule has 0 amide bonds. The van der Waals surface area contributed by atoms with Crippen LogP contribution in [0.5, 0.6) is 0 Å². The summed E-state index contributed by atoms with van der Waals surface area (Å²) in [5.41, 5.74) is 3.65. The molecule has 0 aromatic rings. The Kier molecular flexibility index (Phi) is 8.33. The van der Waals surface area contributed by atoms with Crippen molar-refractivity contribution in [1.82, 2.24) is 0 Å². The number of esters is 1. The van der Waals surface area contributed by atoms with E-state index in [-0.39, 0.29) is 5.97 Å². The van der Waals surface area contributed by atoms with E-state index < -0.39 is 8.80 Å². The molecule has 0 fully saturated rings. The molecule has 0 bridgehead atoms. The van der Waals surface area contributed by atoms with Crippen LogP contribution in [-0.2, 0) is 9.53 Å². The second-order valence-electron chi connectivity index (χ2n) is 3.05. The maximum Gasteiger partial charge on any atom is 0.332 e. The Morgan fingerprint density at radius 2 is 2.00 bits per heavy atom. The summed E-state index contributed by atoms with van der Waals surface area (Å²) >= 11 is 11.4. The highest BCUT2D eigenvalue weighted by atomic mass is 35.5. The molecule has 82 valence electrons. The molecule has 0 aromatic carbocycles. The maximum absolute atomic E-state index is 11.3. The van der Waals surface area contributed by atoms with Gasteiger partial charge in [0.1, 0.15) is 0 Å². The van der Waals surface area contributed by atoms with Gasteiger partial charge in [-0.15, -0.1) is 23.2 Å². The number of hydrogen-bond donors (Lipinski definition) is 0. The molecule has 0 radical (unpaired) electrons. The van der Waals surface area contributed by atoms with Crippen LogP contribution < -0.4 is 0 Å². The Labute approximate surface area is 96.8 Å². The largest absolute Gasteiger partial charge is 0.462 e. The second-order valence-corrected chi connectivity index (χ2v) is 7.38. The summed E-state index contributed by atoms with van der Waals surface area (Å²) in [6.07, 6.45) is 0.838. The SMILES string of the molecule is CCCOC(=O)C(C)=C[SiH](CCl)CCl. The quantitative estimate of drug-likeness (QED) is 0.315. The second kappa shape index (κ2) is 8.33. The topological polar surface area (TPSA) is 26.3 Å². The van der Waals surface area contributed by atoms with E-state index in [0.717, 1.165) is 6.42 Å². The van der Waals surface area contributed by atoms with Crippen LogP contribution in [0.4, 0.5) is 0 Å². The summed E-state index contributed by atoms with van der Waals surface area (Å²) in [5.74, 6) is -0.250. The normalized spacial score (nSPS) is 11.9. The average molecular weight is 255 g/mol. The lowest BCUT2D eigenvalue weighted by Gasteiger charge is -2.05. The lowest BCUT2D eigenvalue weighted by Crippen LogP contribution is -2.18. The molecule has 0 aliphatic rings. The average Bonchev–Trinajstić information content (AvgIpc) is 2.21. The van der Waals surface area contributed by atoms with Gasteiger partial charge in [-0.2, -0.15) is 0 Å². The molecular weight excluding hydrogens is 239 g/mol. The first-order valence-corrected chi connectivity index (χ1v) is 8.00. The van der Waals surface area contributed by atoms with Crippen molar-refractivity contribution in [2.75, 3.05) is 17.6 Å². The van der Waals surface area contributed by atoms with E-state index >= 15 is 0 Å². The smallest absolute Gasteiger partial charge is 0.332 e. The van der Waals surface area contributed by atoms with Gasteiger partial charge in [0, 0.05) is 16.6 Å². The molecule has 0 spiro atoms. The number of ether oxygens (including phenoxy) is 1. The predicted octanol–water partition coefficient (Wildman–Crippen LogP) is 2.21. The van der Waals surface area contributed by atoms with Crippen LogP contribution in [0.3, 0.4) is 0 Å². The molecule has 0 unspecified atom stereocenters. The summed E-state index contributed by atoms with van der Waals surface area (Å²) < 4.78 is 4.97. The van der Waals surface area contributed by atoms with Gasteiger partial charge in [-0.1, -0.05) is 12.6 Å². The Hall–Kier alpha value is 0.00688. The van der Waals surface area contributed by atoms with Crippen molar-refractivity contribution < 1.29 is 9.53 Å². The number of rotatable bonds is 6. The lowest BCUT2D eigenvalue weighted by molar-refractivity contribution is -0.138. The minimum Gasteiger partial charge on any atom is -0.462 e. The van der Waals surface area contributed by atoms with E-state index in [4.69, 9.17) is 27.9 Å². The third kappa shape index (κ3) is 5.68. The monoisotopic (exact) mass is 254 g/mol. The summed E-state index contributed by atoms with van der Waals surface area (Å²) in [6.45, 7) is 4.18. The molecule has 0 saturated carbocycles. The zero-order chi connectivity index (χ0) is 11.0. The van der Waals surface area contributed by atoms with E-state index in [2.05, 4.69) is 0 Å². The third-order valence-electron chi connectivity index (χ3n) is 1.64. The summed E-state index contributed by atoms with van der Waals surface area (Å²) in [7, 11) is -1.27. The van der Waals surface area contributed by atoms with Crippen LogP contribution in [0.25, 0.3) is 0 Å². The predicted molar refractivity (Wildman–Crippen MR) is 63.6 cm³/mol. The van der Waals surface area contributed by atoms with Crippen LogP contribution in [0, 0.1) is 0 Å². The zero-order valence-electron chi connectivity index (χ0n) is 8.56. The summed E-state index contributed by atoms with van der Waals surface area (Å²) in [5, 5.41) is 0. The number of hydrogen-bond acceptors (Lipinski definition) is 2. The fraction of sp³-hybridized carbons (Fsp3) is 0.667. The van der Waals surface area contributed by atoms with E-state index in [1.54, 1.807) is 6.92 Å². The highest BCUT2D eigenvalue weighted by Crippen LogP contribution is 2.02. The molecule has 0 aliphatic heterocycles. The van der Waals surface area contributed by atoms with Gasteiger partial charge in [0.05, 0.1) is 15.4 Å². The van der Waals surface area contributed by atoms with Gasteiger partial charge in [0.15, 0.2) is 0 Å². The molecule has 0 rings (SSSR count). The first-order chi connectivity index (χ1) is 6.65. The van der Waals surface area contributed by atoms with Crippen LogP contribution >= 0.6 is 23.2 Å². The van der Waals surface area contributed by atoms with E-state index in [1.165, 1.54) is 0 Å². The van der Waals surface area contributed by atoms with E-state index in [9.17, 15) is 4.79 Å². The maximum atomic E-state index is 11.3. The molecular formula is C9H16Cl2O2Si. The molecule has 14 heavy (non-hydrogen) atoms. The lowest BCUT2D eigenvalue weighted by atomic mass is 10.4. The van der Waals surface area contributed by atoms with Gasteiger partial charge >= 0.3 is 5.97 Å². The molecule has 0 heterocycles. The van der Waals surface area contributed by atoms with Crippen LogP contribution in [0.1, 0.15) is 20.3 Å². The number of alkyl halides is 2. The van der Waals surface area contributed by atoms with Gasteiger partial charge in [0.25, 0.3) is 0 Å². The number of carbonyl (C=O) groups excluding carboxylic acids is 1.